The van der Waals surface area contributed by atoms with E-state index in [4.69, 9.17) is 32.7 Å². The Morgan fingerprint density at radius 3 is 2.71 bits per heavy atom. The Hall–Kier alpha value is -1.30. The molecule has 0 radical (unpaired) electrons. The van der Waals surface area contributed by atoms with Gasteiger partial charge in [0.1, 0.15) is 16.2 Å². The van der Waals surface area contributed by atoms with Gasteiger partial charge in [0.25, 0.3) is 0 Å². The number of ketones is 1. The number of alkyl halides is 1. The number of rotatable bonds is 2. The normalized spacial score (nSPS) is 20.8. The van der Waals surface area contributed by atoms with Crippen molar-refractivity contribution in [2.45, 2.75) is 10.3 Å². The van der Waals surface area contributed by atoms with Gasteiger partial charge in [0.05, 0.1) is 25.6 Å². The third-order valence-electron chi connectivity index (χ3n) is 3.22. The number of hydrogen-bond acceptors (Lipinski definition) is 5. The fourth-order valence-corrected chi connectivity index (χ4v) is 3.96. The van der Waals surface area contributed by atoms with Crippen LogP contribution < -0.4 is 10.1 Å². The lowest BCUT2D eigenvalue weighted by Crippen LogP contribution is -2.28. The van der Waals surface area contributed by atoms with Gasteiger partial charge in [-0.15, -0.1) is 11.6 Å². The average Bonchev–Trinajstić information content (AvgIpc) is 2.51. The molecule has 0 saturated carbocycles. The first kappa shape index (κ1) is 14.6. The van der Waals surface area contributed by atoms with Crippen molar-refractivity contribution in [3.63, 3.8) is 0 Å². The SMILES string of the molecule is COC1=C(Cl)C(=O)C(Cl)C2=C1Nc1ccc(OC)cc1S2. The van der Waals surface area contributed by atoms with Gasteiger partial charge < -0.3 is 14.8 Å². The molecule has 1 aliphatic heterocycles. The molecule has 1 aromatic carbocycles. The van der Waals surface area contributed by atoms with Crippen LogP contribution in [0.1, 0.15) is 0 Å². The molecule has 0 amide bonds. The molecule has 0 aromatic heterocycles. The zero-order valence-corrected chi connectivity index (χ0v) is 13.5. The summed E-state index contributed by atoms with van der Waals surface area (Å²) in [5.74, 6) is 0.706. The molecule has 1 heterocycles. The summed E-state index contributed by atoms with van der Waals surface area (Å²) in [6.45, 7) is 0. The van der Waals surface area contributed by atoms with Crippen LogP contribution in [0.4, 0.5) is 5.69 Å². The number of methoxy groups -OCH3 is 2. The van der Waals surface area contributed by atoms with E-state index in [1.807, 2.05) is 18.2 Å². The highest BCUT2D eigenvalue weighted by atomic mass is 35.5. The van der Waals surface area contributed by atoms with Crippen molar-refractivity contribution in [1.82, 2.24) is 0 Å². The molecule has 4 nitrogen and oxygen atoms in total. The predicted molar refractivity (Wildman–Crippen MR) is 84.0 cm³/mol. The number of Topliss-reactive ketones (excluding diaryl/α,β-unsaturated/α-hetero) is 1. The number of nitrogens with one attached hydrogen (secondary N) is 1. The second kappa shape index (κ2) is 5.48. The Kier molecular flexibility index (Phi) is 3.82. The molecule has 2 aliphatic rings. The van der Waals surface area contributed by atoms with Crippen LogP contribution in [0.5, 0.6) is 5.75 Å². The smallest absolute Gasteiger partial charge is 0.200 e. The summed E-state index contributed by atoms with van der Waals surface area (Å²) in [5.41, 5.74) is 1.53. The Labute approximate surface area is 136 Å². The van der Waals surface area contributed by atoms with Crippen molar-refractivity contribution >= 4 is 46.4 Å². The van der Waals surface area contributed by atoms with Gasteiger partial charge in [-0.05, 0) is 18.2 Å². The standard InChI is InChI=1S/C14H11Cl2NO3S/c1-19-6-3-4-7-8(5-6)21-14-10(16)12(18)9(15)13(20-2)11(14)17-7/h3-5,10,17H,1-2H3. The number of hydrogen-bond donors (Lipinski definition) is 1. The van der Waals surface area contributed by atoms with Crippen LogP contribution in [-0.4, -0.2) is 25.4 Å². The third-order valence-corrected chi connectivity index (χ3v) is 5.34. The molecule has 0 fully saturated rings. The number of allylic oxidation sites excluding steroid dienone is 2. The number of carbonyl (C=O) groups is 1. The van der Waals surface area contributed by atoms with Crippen LogP contribution in [0, 0.1) is 0 Å². The van der Waals surface area contributed by atoms with Gasteiger partial charge in [0.15, 0.2) is 5.76 Å². The van der Waals surface area contributed by atoms with E-state index in [9.17, 15) is 4.79 Å². The van der Waals surface area contributed by atoms with E-state index in [2.05, 4.69) is 5.32 Å². The van der Waals surface area contributed by atoms with Crippen LogP contribution in [0.25, 0.3) is 0 Å². The largest absolute Gasteiger partial charge is 0.497 e. The van der Waals surface area contributed by atoms with Crippen LogP contribution in [-0.2, 0) is 9.53 Å². The number of anilines is 1. The number of ether oxygens (including phenoxy) is 2. The Morgan fingerprint density at radius 2 is 2.05 bits per heavy atom. The molecule has 7 heteroatoms. The highest BCUT2D eigenvalue weighted by Gasteiger charge is 2.38. The van der Waals surface area contributed by atoms with E-state index >= 15 is 0 Å². The first-order valence-corrected chi connectivity index (χ1v) is 7.69. The molecule has 21 heavy (non-hydrogen) atoms. The third kappa shape index (κ3) is 2.29. The number of fused-ring (bicyclic) bond motifs is 1. The van der Waals surface area contributed by atoms with Gasteiger partial charge in [0.2, 0.25) is 5.78 Å². The molecule has 1 aliphatic carbocycles. The number of carbonyl (C=O) groups excluding carboxylic acids is 1. The van der Waals surface area contributed by atoms with Crippen LogP contribution >= 0.6 is 35.0 Å². The van der Waals surface area contributed by atoms with E-state index in [1.165, 1.54) is 18.9 Å². The first-order chi connectivity index (χ1) is 10.1. The van der Waals surface area contributed by atoms with E-state index < -0.39 is 5.38 Å². The van der Waals surface area contributed by atoms with Gasteiger partial charge in [-0.1, -0.05) is 23.4 Å². The molecular weight excluding hydrogens is 333 g/mol. The lowest BCUT2D eigenvalue weighted by Gasteiger charge is -2.30. The van der Waals surface area contributed by atoms with Crippen LogP contribution in [0.3, 0.4) is 0 Å². The molecule has 110 valence electrons. The number of benzene rings is 1. The summed E-state index contributed by atoms with van der Waals surface area (Å²) < 4.78 is 10.5. The summed E-state index contributed by atoms with van der Waals surface area (Å²) in [7, 11) is 3.08. The Morgan fingerprint density at radius 1 is 1.29 bits per heavy atom. The summed E-state index contributed by atoms with van der Waals surface area (Å²) >= 11 is 13.7. The van der Waals surface area contributed by atoms with Crippen LogP contribution in [0.2, 0.25) is 0 Å². The Bertz CT molecular complexity index is 699. The van der Waals surface area contributed by atoms with E-state index in [1.54, 1.807) is 7.11 Å². The van der Waals surface area contributed by atoms with Crippen molar-refractivity contribution < 1.29 is 14.3 Å². The lowest BCUT2D eigenvalue weighted by molar-refractivity contribution is -0.114. The first-order valence-electron chi connectivity index (χ1n) is 6.06. The van der Waals surface area contributed by atoms with Crippen molar-refractivity contribution in [2.75, 3.05) is 19.5 Å². The summed E-state index contributed by atoms with van der Waals surface area (Å²) in [5, 5.41) is 2.43. The van der Waals surface area contributed by atoms with Crippen LogP contribution in [0.15, 0.2) is 44.5 Å². The fraction of sp³-hybridized carbons (Fsp3) is 0.214. The fourth-order valence-electron chi connectivity index (χ4n) is 2.17. The van der Waals surface area contributed by atoms with Gasteiger partial charge in [-0.3, -0.25) is 4.79 Å². The minimum absolute atomic E-state index is 0.0151. The minimum atomic E-state index is -0.816. The topological polar surface area (TPSA) is 47.6 Å². The predicted octanol–water partition coefficient (Wildman–Crippen LogP) is 3.71. The molecule has 0 saturated heterocycles. The minimum Gasteiger partial charge on any atom is -0.497 e. The summed E-state index contributed by atoms with van der Waals surface area (Å²) in [4.78, 5) is 13.7. The summed E-state index contributed by atoms with van der Waals surface area (Å²) in [6.07, 6.45) is 0. The maximum atomic E-state index is 12.1. The van der Waals surface area contributed by atoms with Crippen molar-refractivity contribution in [1.29, 1.82) is 0 Å². The molecule has 1 atom stereocenters. The van der Waals surface area contributed by atoms with E-state index in [-0.39, 0.29) is 10.8 Å². The van der Waals surface area contributed by atoms with Gasteiger partial charge in [0, 0.05) is 9.80 Å². The molecule has 3 rings (SSSR count). The molecule has 1 aromatic rings. The molecule has 0 spiro atoms. The monoisotopic (exact) mass is 343 g/mol. The van der Waals surface area contributed by atoms with Crippen molar-refractivity contribution in [2.24, 2.45) is 0 Å². The molecule has 1 N–H and O–H groups in total. The van der Waals surface area contributed by atoms with Gasteiger partial charge in [-0.25, -0.2) is 0 Å². The summed E-state index contributed by atoms with van der Waals surface area (Å²) in [6, 6.07) is 5.63. The van der Waals surface area contributed by atoms with Crippen molar-refractivity contribution in [3.8, 4) is 5.75 Å². The lowest BCUT2D eigenvalue weighted by atomic mass is 10.1. The number of halogens is 2. The molecular formula is C14H11Cl2NO3S. The number of thioether (sulfide) groups is 1. The highest BCUT2D eigenvalue weighted by molar-refractivity contribution is 8.03. The second-order valence-electron chi connectivity index (χ2n) is 4.40. The average molecular weight is 344 g/mol. The molecule has 1 unspecified atom stereocenters. The van der Waals surface area contributed by atoms with E-state index in [0.29, 0.717) is 16.4 Å². The Balaban J connectivity index is 2.09. The zero-order chi connectivity index (χ0) is 15.1. The van der Waals surface area contributed by atoms with Gasteiger partial charge in [-0.2, -0.15) is 0 Å². The quantitative estimate of drug-likeness (QED) is 0.829. The van der Waals surface area contributed by atoms with Gasteiger partial charge >= 0.3 is 0 Å². The molecule has 0 bridgehead atoms. The second-order valence-corrected chi connectivity index (χ2v) is 6.30. The zero-order valence-electron chi connectivity index (χ0n) is 11.2. The highest BCUT2D eigenvalue weighted by Crippen LogP contribution is 2.48. The van der Waals surface area contributed by atoms with Crippen molar-refractivity contribution in [3.05, 3.63) is 39.6 Å². The maximum absolute atomic E-state index is 12.1. The maximum Gasteiger partial charge on any atom is 0.200 e. The van der Waals surface area contributed by atoms with E-state index in [0.717, 1.165) is 16.3 Å².